The van der Waals surface area contributed by atoms with Gasteiger partial charge in [0, 0.05) is 5.56 Å². The van der Waals surface area contributed by atoms with Gasteiger partial charge in [-0.1, -0.05) is 37.3 Å². The maximum Gasteiger partial charge on any atom is 0.255 e. The number of hydrogen-bond donors (Lipinski definition) is 1. The average Bonchev–Trinajstić information content (AvgIpc) is 2.69. The molecule has 0 bridgehead atoms. The lowest BCUT2D eigenvalue weighted by Gasteiger charge is -2.12. The van der Waals surface area contributed by atoms with Crippen molar-refractivity contribution in [3.05, 3.63) is 84.4 Å². The van der Waals surface area contributed by atoms with E-state index in [9.17, 15) is 4.79 Å². The summed E-state index contributed by atoms with van der Waals surface area (Å²) in [7, 11) is 0. The van der Waals surface area contributed by atoms with E-state index in [4.69, 9.17) is 9.47 Å². The van der Waals surface area contributed by atoms with Gasteiger partial charge >= 0.3 is 0 Å². The van der Waals surface area contributed by atoms with E-state index < -0.39 is 0 Å². The topological polar surface area (TPSA) is 47.6 Å². The number of carbonyl (C=O) groups is 1. The molecule has 0 radical (unpaired) electrons. The predicted octanol–water partition coefficient (Wildman–Crippen LogP) is 5.52. The van der Waals surface area contributed by atoms with Crippen LogP contribution in [0.25, 0.3) is 0 Å². The minimum atomic E-state index is -0.198. The SMILES string of the molecule is CCCOc1ccc(C(=O)Nc2ccccc2Oc2ccccc2)cc1. The molecule has 4 nitrogen and oxygen atoms in total. The highest BCUT2D eigenvalue weighted by atomic mass is 16.5. The van der Waals surface area contributed by atoms with E-state index >= 15 is 0 Å². The summed E-state index contributed by atoms with van der Waals surface area (Å²) in [5, 5.41) is 2.90. The molecule has 0 saturated heterocycles. The molecule has 3 aromatic rings. The van der Waals surface area contributed by atoms with E-state index in [0.717, 1.165) is 12.2 Å². The van der Waals surface area contributed by atoms with Crippen molar-refractivity contribution < 1.29 is 14.3 Å². The highest BCUT2D eigenvalue weighted by Gasteiger charge is 2.10. The van der Waals surface area contributed by atoms with Crippen molar-refractivity contribution in [3.8, 4) is 17.2 Å². The maximum absolute atomic E-state index is 12.5. The van der Waals surface area contributed by atoms with Crippen molar-refractivity contribution in [2.45, 2.75) is 13.3 Å². The third-order valence-corrected chi connectivity index (χ3v) is 3.70. The van der Waals surface area contributed by atoms with Gasteiger partial charge in [-0.3, -0.25) is 4.79 Å². The van der Waals surface area contributed by atoms with Crippen molar-refractivity contribution in [2.75, 3.05) is 11.9 Å². The molecule has 0 aliphatic heterocycles. The molecular formula is C22H21NO3. The Kier molecular flexibility index (Phi) is 5.88. The van der Waals surface area contributed by atoms with Gasteiger partial charge in [-0.25, -0.2) is 0 Å². The molecule has 0 fully saturated rings. The van der Waals surface area contributed by atoms with Crippen LogP contribution in [0.5, 0.6) is 17.2 Å². The average molecular weight is 347 g/mol. The predicted molar refractivity (Wildman–Crippen MR) is 103 cm³/mol. The van der Waals surface area contributed by atoms with Crippen LogP contribution in [-0.4, -0.2) is 12.5 Å². The van der Waals surface area contributed by atoms with Crippen LogP contribution >= 0.6 is 0 Å². The lowest BCUT2D eigenvalue weighted by molar-refractivity contribution is 0.102. The Labute approximate surface area is 153 Å². The fraction of sp³-hybridized carbons (Fsp3) is 0.136. The van der Waals surface area contributed by atoms with Gasteiger partial charge in [0.1, 0.15) is 11.5 Å². The molecule has 0 aliphatic carbocycles. The number of benzene rings is 3. The molecule has 0 spiro atoms. The standard InChI is InChI=1S/C22H21NO3/c1-2-16-25-18-14-12-17(13-15-18)22(24)23-20-10-6-7-11-21(20)26-19-8-4-3-5-9-19/h3-15H,2,16H2,1H3,(H,23,24). The van der Waals surface area contributed by atoms with Crippen LogP contribution in [0.3, 0.4) is 0 Å². The Morgan fingerprint density at radius 3 is 2.27 bits per heavy atom. The maximum atomic E-state index is 12.5. The number of ether oxygens (including phenoxy) is 2. The zero-order valence-corrected chi connectivity index (χ0v) is 14.6. The van der Waals surface area contributed by atoms with E-state index in [0.29, 0.717) is 29.4 Å². The van der Waals surface area contributed by atoms with Crippen LogP contribution < -0.4 is 14.8 Å². The highest BCUT2D eigenvalue weighted by molar-refractivity contribution is 6.05. The molecule has 3 aromatic carbocycles. The van der Waals surface area contributed by atoms with E-state index in [2.05, 4.69) is 12.2 Å². The summed E-state index contributed by atoms with van der Waals surface area (Å²) < 4.78 is 11.4. The fourth-order valence-electron chi connectivity index (χ4n) is 2.39. The van der Waals surface area contributed by atoms with Gasteiger partial charge in [0.2, 0.25) is 0 Å². The molecule has 1 amide bonds. The van der Waals surface area contributed by atoms with Gasteiger partial charge in [-0.05, 0) is 55.0 Å². The van der Waals surface area contributed by atoms with E-state index in [1.54, 1.807) is 24.3 Å². The Hall–Kier alpha value is -3.27. The van der Waals surface area contributed by atoms with E-state index in [1.807, 2.05) is 54.6 Å². The summed E-state index contributed by atoms with van der Waals surface area (Å²) in [6, 6.07) is 23.9. The third kappa shape index (κ3) is 4.63. The number of amides is 1. The van der Waals surface area contributed by atoms with Crippen molar-refractivity contribution in [3.63, 3.8) is 0 Å². The lowest BCUT2D eigenvalue weighted by atomic mass is 10.2. The number of anilines is 1. The molecule has 0 atom stereocenters. The summed E-state index contributed by atoms with van der Waals surface area (Å²) in [4.78, 5) is 12.5. The molecule has 26 heavy (non-hydrogen) atoms. The van der Waals surface area contributed by atoms with Gasteiger partial charge in [0.05, 0.1) is 12.3 Å². The fourth-order valence-corrected chi connectivity index (χ4v) is 2.39. The summed E-state index contributed by atoms with van der Waals surface area (Å²) in [5.74, 6) is 1.87. The summed E-state index contributed by atoms with van der Waals surface area (Å²) in [5.41, 5.74) is 1.18. The molecule has 4 heteroatoms. The first-order chi connectivity index (χ1) is 12.8. The number of hydrogen-bond acceptors (Lipinski definition) is 3. The molecule has 0 aromatic heterocycles. The number of nitrogens with one attached hydrogen (secondary N) is 1. The Bertz CT molecular complexity index is 845. The summed E-state index contributed by atoms with van der Waals surface area (Å²) in [6.45, 7) is 2.71. The minimum Gasteiger partial charge on any atom is -0.494 e. The minimum absolute atomic E-state index is 0.198. The Morgan fingerprint density at radius 1 is 0.846 bits per heavy atom. The molecule has 0 saturated carbocycles. The van der Waals surface area contributed by atoms with Crippen molar-refractivity contribution >= 4 is 11.6 Å². The second-order valence-electron chi connectivity index (χ2n) is 5.74. The van der Waals surface area contributed by atoms with Gasteiger partial charge < -0.3 is 14.8 Å². The largest absolute Gasteiger partial charge is 0.494 e. The molecule has 1 N–H and O–H groups in total. The lowest BCUT2D eigenvalue weighted by Crippen LogP contribution is -2.12. The second kappa shape index (κ2) is 8.72. The normalized spacial score (nSPS) is 10.2. The van der Waals surface area contributed by atoms with Crippen molar-refractivity contribution in [2.24, 2.45) is 0 Å². The molecule has 3 rings (SSSR count). The van der Waals surface area contributed by atoms with Gasteiger partial charge in [0.15, 0.2) is 5.75 Å². The molecule has 132 valence electrons. The van der Waals surface area contributed by atoms with E-state index in [1.165, 1.54) is 0 Å². The van der Waals surface area contributed by atoms with Crippen LogP contribution in [-0.2, 0) is 0 Å². The molecular weight excluding hydrogens is 326 g/mol. The number of carbonyl (C=O) groups excluding carboxylic acids is 1. The Morgan fingerprint density at radius 2 is 1.54 bits per heavy atom. The van der Waals surface area contributed by atoms with Crippen LogP contribution in [0.1, 0.15) is 23.7 Å². The summed E-state index contributed by atoms with van der Waals surface area (Å²) in [6.07, 6.45) is 0.945. The smallest absolute Gasteiger partial charge is 0.255 e. The quantitative estimate of drug-likeness (QED) is 0.612. The number of para-hydroxylation sites is 3. The van der Waals surface area contributed by atoms with Crippen LogP contribution in [0.15, 0.2) is 78.9 Å². The van der Waals surface area contributed by atoms with Crippen molar-refractivity contribution in [1.29, 1.82) is 0 Å². The Balaban J connectivity index is 1.71. The van der Waals surface area contributed by atoms with Gasteiger partial charge in [-0.15, -0.1) is 0 Å². The van der Waals surface area contributed by atoms with E-state index in [-0.39, 0.29) is 5.91 Å². The van der Waals surface area contributed by atoms with Crippen molar-refractivity contribution in [1.82, 2.24) is 0 Å². The summed E-state index contributed by atoms with van der Waals surface area (Å²) >= 11 is 0. The molecule has 0 unspecified atom stereocenters. The third-order valence-electron chi connectivity index (χ3n) is 3.70. The molecule has 0 heterocycles. The van der Waals surface area contributed by atoms with Crippen LogP contribution in [0.4, 0.5) is 5.69 Å². The first kappa shape index (κ1) is 17.5. The number of rotatable bonds is 7. The first-order valence-corrected chi connectivity index (χ1v) is 8.62. The molecule has 0 aliphatic rings. The zero-order valence-electron chi connectivity index (χ0n) is 14.6. The zero-order chi connectivity index (χ0) is 18.2. The van der Waals surface area contributed by atoms with Crippen LogP contribution in [0, 0.1) is 0 Å². The van der Waals surface area contributed by atoms with Crippen LogP contribution in [0.2, 0.25) is 0 Å². The second-order valence-corrected chi connectivity index (χ2v) is 5.74. The first-order valence-electron chi connectivity index (χ1n) is 8.62. The van der Waals surface area contributed by atoms with Gasteiger partial charge in [-0.2, -0.15) is 0 Å². The van der Waals surface area contributed by atoms with Gasteiger partial charge in [0.25, 0.3) is 5.91 Å². The highest BCUT2D eigenvalue weighted by Crippen LogP contribution is 2.29. The monoisotopic (exact) mass is 347 g/mol.